The Morgan fingerprint density at radius 1 is 1.18 bits per heavy atom. The number of rotatable bonds is 3. The van der Waals surface area contributed by atoms with Crippen molar-refractivity contribution in [2.75, 3.05) is 6.61 Å². The van der Waals surface area contributed by atoms with Gasteiger partial charge in [-0.3, -0.25) is 0 Å². The third-order valence-corrected chi connectivity index (χ3v) is 2.26. The van der Waals surface area contributed by atoms with Crippen LogP contribution in [0.1, 0.15) is 31.9 Å². The van der Waals surface area contributed by atoms with Gasteiger partial charge < -0.3 is 9.47 Å². The van der Waals surface area contributed by atoms with Crippen LogP contribution in [0.15, 0.2) is 18.2 Å². The molecule has 0 saturated carbocycles. The zero-order chi connectivity index (χ0) is 13.1. The highest BCUT2D eigenvalue weighted by Crippen LogP contribution is 2.16. The quantitative estimate of drug-likeness (QED) is 0.757. The molecule has 0 unspecified atom stereocenters. The van der Waals surface area contributed by atoms with E-state index in [2.05, 4.69) is 0 Å². The van der Waals surface area contributed by atoms with Gasteiger partial charge in [0.2, 0.25) is 0 Å². The molecule has 0 heterocycles. The first-order valence-electron chi connectivity index (χ1n) is 5.70. The van der Waals surface area contributed by atoms with E-state index in [1.807, 2.05) is 52.8 Å². The van der Waals surface area contributed by atoms with Crippen molar-refractivity contribution in [3.63, 3.8) is 0 Å². The van der Waals surface area contributed by atoms with Gasteiger partial charge in [0.1, 0.15) is 11.4 Å². The molecular weight excluding hydrogens is 216 g/mol. The van der Waals surface area contributed by atoms with E-state index in [-0.39, 0.29) is 12.6 Å². The van der Waals surface area contributed by atoms with E-state index in [0.717, 1.165) is 5.56 Å². The lowest BCUT2D eigenvalue weighted by atomic mass is 10.1. The van der Waals surface area contributed by atoms with Crippen LogP contribution in [0.3, 0.4) is 0 Å². The monoisotopic (exact) mass is 236 g/mol. The fraction of sp³-hybridized carbons (Fsp3) is 0.500. The molecule has 0 amide bonds. The molecule has 1 aromatic carbocycles. The van der Waals surface area contributed by atoms with Crippen LogP contribution in [-0.4, -0.2) is 18.2 Å². The summed E-state index contributed by atoms with van der Waals surface area (Å²) in [7, 11) is 0. The standard InChI is InChI=1S/C14H20O3/c1-10-6-7-12(8-11(10)2)16-9-13(15)17-14(3,4)5/h6-8H,9H2,1-5H3. The Labute approximate surface area is 103 Å². The summed E-state index contributed by atoms with van der Waals surface area (Å²) in [6.07, 6.45) is 0. The van der Waals surface area contributed by atoms with Gasteiger partial charge in [-0.2, -0.15) is 0 Å². The van der Waals surface area contributed by atoms with Gasteiger partial charge in [0.25, 0.3) is 0 Å². The van der Waals surface area contributed by atoms with Crippen molar-refractivity contribution in [2.24, 2.45) is 0 Å². The summed E-state index contributed by atoms with van der Waals surface area (Å²) >= 11 is 0. The molecule has 1 aromatic rings. The highest BCUT2D eigenvalue weighted by Gasteiger charge is 2.16. The molecule has 3 nitrogen and oxygen atoms in total. The summed E-state index contributed by atoms with van der Waals surface area (Å²) in [5.74, 6) is 0.342. The second-order valence-corrected chi connectivity index (χ2v) is 5.12. The fourth-order valence-electron chi connectivity index (χ4n) is 1.32. The average Bonchev–Trinajstić information content (AvgIpc) is 2.17. The topological polar surface area (TPSA) is 35.5 Å². The van der Waals surface area contributed by atoms with Crippen LogP contribution in [0.4, 0.5) is 0 Å². The van der Waals surface area contributed by atoms with E-state index in [0.29, 0.717) is 5.75 Å². The van der Waals surface area contributed by atoms with E-state index in [9.17, 15) is 4.79 Å². The van der Waals surface area contributed by atoms with Gasteiger partial charge in [0.05, 0.1) is 0 Å². The number of carbonyl (C=O) groups excluding carboxylic acids is 1. The normalized spacial score (nSPS) is 11.1. The molecule has 3 heteroatoms. The van der Waals surface area contributed by atoms with E-state index >= 15 is 0 Å². The summed E-state index contributed by atoms with van der Waals surface area (Å²) in [5.41, 5.74) is 1.88. The van der Waals surface area contributed by atoms with Gasteiger partial charge in [-0.1, -0.05) is 6.07 Å². The lowest BCUT2D eigenvalue weighted by Crippen LogP contribution is -2.27. The smallest absolute Gasteiger partial charge is 0.344 e. The molecule has 0 N–H and O–H groups in total. The van der Waals surface area contributed by atoms with E-state index in [1.165, 1.54) is 5.56 Å². The largest absolute Gasteiger partial charge is 0.482 e. The van der Waals surface area contributed by atoms with Crippen molar-refractivity contribution < 1.29 is 14.3 Å². The second kappa shape index (κ2) is 5.21. The maximum atomic E-state index is 11.4. The molecule has 0 aliphatic heterocycles. The first-order valence-corrected chi connectivity index (χ1v) is 5.70. The number of aryl methyl sites for hydroxylation is 2. The van der Waals surface area contributed by atoms with Gasteiger partial charge in [0, 0.05) is 0 Å². The average molecular weight is 236 g/mol. The van der Waals surface area contributed by atoms with Crippen molar-refractivity contribution in [1.82, 2.24) is 0 Å². The first kappa shape index (κ1) is 13.6. The van der Waals surface area contributed by atoms with Gasteiger partial charge in [-0.15, -0.1) is 0 Å². The predicted molar refractivity (Wildman–Crippen MR) is 67.3 cm³/mol. The molecule has 94 valence electrons. The summed E-state index contributed by atoms with van der Waals surface area (Å²) < 4.78 is 10.5. The number of hydrogen-bond donors (Lipinski definition) is 0. The van der Waals surface area contributed by atoms with Crippen molar-refractivity contribution >= 4 is 5.97 Å². The second-order valence-electron chi connectivity index (χ2n) is 5.12. The Balaban J connectivity index is 2.50. The highest BCUT2D eigenvalue weighted by atomic mass is 16.6. The summed E-state index contributed by atoms with van der Waals surface area (Å²) in [4.78, 5) is 11.4. The molecule has 1 rings (SSSR count). The minimum Gasteiger partial charge on any atom is -0.482 e. The lowest BCUT2D eigenvalue weighted by molar-refractivity contribution is -0.157. The summed E-state index contributed by atoms with van der Waals surface area (Å²) in [6.45, 7) is 9.49. The van der Waals surface area contributed by atoms with Crippen LogP contribution in [0.5, 0.6) is 5.75 Å². The number of hydrogen-bond acceptors (Lipinski definition) is 3. The van der Waals surface area contributed by atoms with Crippen molar-refractivity contribution in [3.8, 4) is 5.75 Å². The maximum Gasteiger partial charge on any atom is 0.344 e. The predicted octanol–water partition coefficient (Wildman–Crippen LogP) is 3.02. The molecule has 0 spiro atoms. The van der Waals surface area contributed by atoms with Crippen molar-refractivity contribution in [1.29, 1.82) is 0 Å². The Bertz CT molecular complexity index is 402. The van der Waals surface area contributed by atoms with E-state index in [1.54, 1.807) is 0 Å². The van der Waals surface area contributed by atoms with Crippen LogP contribution in [0, 0.1) is 13.8 Å². The number of ether oxygens (including phenoxy) is 2. The van der Waals surface area contributed by atoms with Crippen LogP contribution in [0.25, 0.3) is 0 Å². The Kier molecular flexibility index (Phi) is 4.16. The first-order chi connectivity index (χ1) is 7.78. The summed E-state index contributed by atoms with van der Waals surface area (Å²) in [6, 6.07) is 5.74. The van der Waals surface area contributed by atoms with E-state index < -0.39 is 5.60 Å². The fourth-order valence-corrected chi connectivity index (χ4v) is 1.32. The molecule has 0 bridgehead atoms. The molecule has 0 atom stereocenters. The van der Waals surface area contributed by atoms with Crippen LogP contribution < -0.4 is 4.74 Å². The van der Waals surface area contributed by atoms with Gasteiger partial charge >= 0.3 is 5.97 Å². The number of esters is 1. The Morgan fingerprint density at radius 3 is 2.35 bits per heavy atom. The Morgan fingerprint density at radius 2 is 1.82 bits per heavy atom. The lowest BCUT2D eigenvalue weighted by Gasteiger charge is -2.19. The molecule has 0 radical (unpaired) electrons. The SMILES string of the molecule is Cc1ccc(OCC(=O)OC(C)(C)C)cc1C. The molecule has 0 saturated heterocycles. The molecule has 17 heavy (non-hydrogen) atoms. The van der Waals surface area contributed by atoms with Crippen LogP contribution >= 0.6 is 0 Å². The molecular formula is C14H20O3. The molecule has 0 fully saturated rings. The minimum absolute atomic E-state index is 0.0558. The third kappa shape index (κ3) is 4.89. The maximum absolute atomic E-state index is 11.4. The van der Waals surface area contributed by atoms with Crippen LogP contribution in [-0.2, 0) is 9.53 Å². The molecule has 0 aliphatic carbocycles. The van der Waals surface area contributed by atoms with Crippen molar-refractivity contribution in [2.45, 2.75) is 40.2 Å². The Hall–Kier alpha value is -1.51. The van der Waals surface area contributed by atoms with Gasteiger partial charge in [0.15, 0.2) is 6.61 Å². The minimum atomic E-state index is -0.469. The third-order valence-electron chi connectivity index (χ3n) is 2.26. The zero-order valence-electron chi connectivity index (χ0n) is 11.2. The zero-order valence-corrected chi connectivity index (χ0v) is 11.2. The highest BCUT2D eigenvalue weighted by molar-refractivity contribution is 5.71. The number of carbonyl (C=O) groups is 1. The summed E-state index contributed by atoms with van der Waals surface area (Å²) in [5, 5.41) is 0. The van der Waals surface area contributed by atoms with Gasteiger partial charge in [-0.05, 0) is 57.9 Å². The molecule has 0 aliphatic rings. The van der Waals surface area contributed by atoms with Crippen molar-refractivity contribution in [3.05, 3.63) is 29.3 Å². The van der Waals surface area contributed by atoms with E-state index in [4.69, 9.17) is 9.47 Å². The molecule has 0 aromatic heterocycles. The van der Waals surface area contributed by atoms with Crippen LogP contribution in [0.2, 0.25) is 0 Å². The van der Waals surface area contributed by atoms with Gasteiger partial charge in [-0.25, -0.2) is 4.79 Å². The number of benzene rings is 1.